The lowest BCUT2D eigenvalue weighted by Crippen LogP contribution is -2.22. The Bertz CT molecular complexity index is 433. The first-order chi connectivity index (χ1) is 9.40. The Morgan fingerprint density at radius 3 is 2.70 bits per heavy atom. The van der Waals surface area contributed by atoms with Crippen molar-refractivity contribution in [2.75, 3.05) is 0 Å². The standard InChI is InChI=1S/C14H18F3NO2/c1-2-3-4-8-13(19)18-10-11-6-5-7-12(9-11)20-14(15,16)17/h5-7,9H,2-4,8,10H2,1H3,(H,18,19). The van der Waals surface area contributed by atoms with Crippen LogP contribution in [0.4, 0.5) is 13.2 Å². The second kappa shape index (κ2) is 7.77. The average Bonchev–Trinajstić information content (AvgIpc) is 2.35. The van der Waals surface area contributed by atoms with Crippen molar-refractivity contribution in [3.63, 3.8) is 0 Å². The molecule has 1 aromatic carbocycles. The van der Waals surface area contributed by atoms with E-state index in [1.807, 2.05) is 6.92 Å². The van der Waals surface area contributed by atoms with E-state index >= 15 is 0 Å². The summed E-state index contributed by atoms with van der Waals surface area (Å²) in [5.74, 6) is -0.379. The third kappa shape index (κ3) is 7.01. The molecule has 1 rings (SSSR count). The van der Waals surface area contributed by atoms with Crippen LogP contribution < -0.4 is 10.1 Å². The fourth-order valence-electron chi connectivity index (χ4n) is 1.68. The maximum Gasteiger partial charge on any atom is 0.573 e. The van der Waals surface area contributed by atoms with Crippen LogP contribution in [0, 0.1) is 0 Å². The number of ether oxygens (including phenoxy) is 1. The van der Waals surface area contributed by atoms with Crippen molar-refractivity contribution in [1.29, 1.82) is 0 Å². The van der Waals surface area contributed by atoms with E-state index < -0.39 is 6.36 Å². The fourth-order valence-corrected chi connectivity index (χ4v) is 1.68. The number of carbonyl (C=O) groups is 1. The van der Waals surface area contributed by atoms with Crippen molar-refractivity contribution in [2.24, 2.45) is 0 Å². The molecule has 0 spiro atoms. The Morgan fingerprint density at radius 1 is 1.30 bits per heavy atom. The highest BCUT2D eigenvalue weighted by molar-refractivity contribution is 5.75. The molecule has 0 heterocycles. The van der Waals surface area contributed by atoms with E-state index in [-0.39, 0.29) is 18.2 Å². The van der Waals surface area contributed by atoms with Gasteiger partial charge in [0.05, 0.1) is 0 Å². The number of nitrogens with one attached hydrogen (secondary N) is 1. The van der Waals surface area contributed by atoms with Gasteiger partial charge in [-0.2, -0.15) is 0 Å². The van der Waals surface area contributed by atoms with Crippen LogP contribution in [0.25, 0.3) is 0 Å². The van der Waals surface area contributed by atoms with Gasteiger partial charge in [0.2, 0.25) is 5.91 Å². The molecule has 1 N–H and O–H groups in total. The van der Waals surface area contributed by atoms with Gasteiger partial charge in [-0.3, -0.25) is 4.79 Å². The van der Waals surface area contributed by atoms with Gasteiger partial charge in [-0.25, -0.2) is 0 Å². The number of carbonyl (C=O) groups excluding carboxylic acids is 1. The second-order valence-corrected chi connectivity index (χ2v) is 4.43. The van der Waals surface area contributed by atoms with E-state index in [0.29, 0.717) is 12.0 Å². The number of alkyl halides is 3. The van der Waals surface area contributed by atoms with Crippen LogP contribution in [0.1, 0.15) is 38.2 Å². The van der Waals surface area contributed by atoms with Gasteiger partial charge in [0.1, 0.15) is 5.75 Å². The zero-order valence-corrected chi connectivity index (χ0v) is 11.3. The summed E-state index contributed by atoms with van der Waals surface area (Å²) >= 11 is 0. The molecule has 6 heteroatoms. The molecule has 0 saturated heterocycles. The SMILES string of the molecule is CCCCCC(=O)NCc1cccc(OC(F)(F)F)c1. The molecule has 1 amide bonds. The minimum absolute atomic E-state index is 0.0967. The van der Waals surface area contributed by atoms with E-state index in [1.165, 1.54) is 18.2 Å². The van der Waals surface area contributed by atoms with Gasteiger partial charge in [0.25, 0.3) is 0 Å². The van der Waals surface area contributed by atoms with E-state index in [9.17, 15) is 18.0 Å². The summed E-state index contributed by atoms with van der Waals surface area (Å²) in [6.07, 6.45) is -1.43. The number of halogens is 3. The Balaban J connectivity index is 2.44. The largest absolute Gasteiger partial charge is 0.573 e. The van der Waals surface area contributed by atoms with Gasteiger partial charge in [0, 0.05) is 13.0 Å². The first-order valence-corrected chi connectivity index (χ1v) is 6.52. The van der Waals surface area contributed by atoms with Crippen LogP contribution in [-0.2, 0) is 11.3 Å². The van der Waals surface area contributed by atoms with Gasteiger partial charge in [0.15, 0.2) is 0 Å². The quantitative estimate of drug-likeness (QED) is 0.776. The molecule has 0 bridgehead atoms. The first-order valence-electron chi connectivity index (χ1n) is 6.52. The minimum atomic E-state index is -4.71. The van der Waals surface area contributed by atoms with Gasteiger partial charge in [-0.05, 0) is 24.1 Å². The van der Waals surface area contributed by atoms with Crippen molar-refractivity contribution in [3.05, 3.63) is 29.8 Å². The van der Waals surface area contributed by atoms with Gasteiger partial charge >= 0.3 is 6.36 Å². The molecular weight excluding hydrogens is 271 g/mol. The topological polar surface area (TPSA) is 38.3 Å². The Labute approximate surface area is 116 Å². The average molecular weight is 289 g/mol. The maximum absolute atomic E-state index is 12.1. The van der Waals surface area contributed by atoms with Crippen molar-refractivity contribution < 1.29 is 22.7 Å². The smallest absolute Gasteiger partial charge is 0.406 e. The molecule has 0 atom stereocenters. The molecule has 1 aromatic rings. The molecule has 0 aliphatic carbocycles. The molecule has 3 nitrogen and oxygen atoms in total. The van der Waals surface area contributed by atoms with Crippen molar-refractivity contribution >= 4 is 5.91 Å². The molecule has 0 saturated carbocycles. The van der Waals surface area contributed by atoms with Gasteiger partial charge in [-0.15, -0.1) is 13.2 Å². The molecule has 0 aliphatic rings. The molecule has 0 unspecified atom stereocenters. The monoisotopic (exact) mass is 289 g/mol. The summed E-state index contributed by atoms with van der Waals surface area (Å²) in [7, 11) is 0. The predicted molar refractivity (Wildman–Crippen MR) is 69.1 cm³/mol. The summed E-state index contributed by atoms with van der Waals surface area (Å²) in [6.45, 7) is 2.24. The van der Waals surface area contributed by atoms with E-state index in [1.54, 1.807) is 6.07 Å². The van der Waals surface area contributed by atoms with Crippen LogP contribution in [0.15, 0.2) is 24.3 Å². The molecule has 112 valence electrons. The van der Waals surface area contributed by atoms with Crippen LogP contribution in [0.2, 0.25) is 0 Å². The number of hydrogen-bond acceptors (Lipinski definition) is 2. The lowest BCUT2D eigenvalue weighted by Gasteiger charge is -2.10. The highest BCUT2D eigenvalue weighted by atomic mass is 19.4. The first kappa shape index (κ1) is 16.3. The lowest BCUT2D eigenvalue weighted by atomic mass is 10.2. The maximum atomic E-state index is 12.1. The highest BCUT2D eigenvalue weighted by Gasteiger charge is 2.31. The van der Waals surface area contributed by atoms with E-state index in [4.69, 9.17) is 0 Å². The number of hydrogen-bond donors (Lipinski definition) is 1. The third-order valence-electron chi connectivity index (χ3n) is 2.63. The van der Waals surface area contributed by atoms with Crippen LogP contribution in [0.3, 0.4) is 0 Å². The summed E-state index contributed by atoms with van der Waals surface area (Å²) in [6, 6.07) is 5.58. The molecule has 0 aliphatic heterocycles. The fraction of sp³-hybridized carbons (Fsp3) is 0.500. The van der Waals surface area contributed by atoms with Crippen molar-refractivity contribution in [1.82, 2.24) is 5.32 Å². The second-order valence-electron chi connectivity index (χ2n) is 4.43. The summed E-state index contributed by atoms with van der Waals surface area (Å²) in [5, 5.41) is 2.67. The normalized spacial score (nSPS) is 11.2. The van der Waals surface area contributed by atoms with Gasteiger partial charge < -0.3 is 10.1 Å². The molecule has 0 aromatic heterocycles. The number of unbranched alkanes of at least 4 members (excludes halogenated alkanes) is 2. The van der Waals surface area contributed by atoms with Crippen LogP contribution in [0.5, 0.6) is 5.75 Å². The molecule has 0 radical (unpaired) electrons. The van der Waals surface area contributed by atoms with Crippen molar-refractivity contribution in [2.45, 2.75) is 45.5 Å². The Kier molecular flexibility index (Phi) is 6.35. The highest BCUT2D eigenvalue weighted by Crippen LogP contribution is 2.23. The minimum Gasteiger partial charge on any atom is -0.406 e. The Morgan fingerprint density at radius 2 is 2.05 bits per heavy atom. The number of rotatable bonds is 7. The van der Waals surface area contributed by atoms with Crippen LogP contribution in [-0.4, -0.2) is 12.3 Å². The van der Waals surface area contributed by atoms with Gasteiger partial charge in [-0.1, -0.05) is 31.9 Å². The zero-order valence-electron chi connectivity index (χ0n) is 11.3. The summed E-state index contributed by atoms with van der Waals surface area (Å²) in [4.78, 5) is 11.5. The van der Waals surface area contributed by atoms with Crippen molar-refractivity contribution in [3.8, 4) is 5.75 Å². The summed E-state index contributed by atoms with van der Waals surface area (Å²) < 4.78 is 40.0. The van der Waals surface area contributed by atoms with Crippen LogP contribution >= 0.6 is 0 Å². The predicted octanol–water partition coefficient (Wildman–Crippen LogP) is 3.78. The van der Waals surface area contributed by atoms with E-state index in [2.05, 4.69) is 10.1 Å². The van der Waals surface area contributed by atoms with E-state index in [0.717, 1.165) is 19.3 Å². The number of amides is 1. The lowest BCUT2D eigenvalue weighted by molar-refractivity contribution is -0.274. The molecular formula is C14H18F3NO2. The summed E-state index contributed by atoms with van der Waals surface area (Å²) in [5.41, 5.74) is 0.565. The molecule has 0 fully saturated rings. The molecule has 20 heavy (non-hydrogen) atoms. The third-order valence-corrected chi connectivity index (χ3v) is 2.63. The Hall–Kier alpha value is -1.72. The number of benzene rings is 1. The zero-order chi connectivity index (χ0) is 15.0.